The van der Waals surface area contributed by atoms with Gasteiger partial charge in [-0.15, -0.1) is 11.8 Å². The zero-order chi connectivity index (χ0) is 30.0. The molecule has 0 bridgehead atoms. The van der Waals surface area contributed by atoms with Gasteiger partial charge in [-0.3, -0.25) is 14.4 Å². The summed E-state index contributed by atoms with van der Waals surface area (Å²) >= 11 is 7.34. The molecule has 4 unspecified atom stereocenters. The van der Waals surface area contributed by atoms with Gasteiger partial charge in [0.2, 0.25) is 0 Å². The number of methoxy groups -OCH3 is 2. The molecule has 3 rings (SSSR count). The standard InChI is InChI=1S/C34H38O5S2/c1-24(35)28(25-15-9-6-10-16-25)21-33(2,31(36)38-4)23-34(3,32(37)39-5)22-29(26-17-11-7-12-18-26)41-30(40)27-19-13-8-14-20-27/h6-20,28-29H,21-23H2,1-5H3. The van der Waals surface area contributed by atoms with Crippen LogP contribution in [0.3, 0.4) is 0 Å². The Morgan fingerprint density at radius 3 is 1.63 bits per heavy atom. The molecule has 0 spiro atoms. The van der Waals surface area contributed by atoms with Crippen molar-refractivity contribution >= 4 is 45.9 Å². The van der Waals surface area contributed by atoms with E-state index < -0.39 is 28.7 Å². The lowest BCUT2D eigenvalue weighted by Gasteiger charge is -2.39. The Morgan fingerprint density at radius 2 is 1.17 bits per heavy atom. The second kappa shape index (κ2) is 14.6. The topological polar surface area (TPSA) is 69.7 Å². The third-order valence-corrected chi connectivity index (χ3v) is 9.25. The lowest BCUT2D eigenvalue weighted by atomic mass is 9.66. The fourth-order valence-electron chi connectivity index (χ4n) is 5.52. The molecule has 4 atom stereocenters. The Hall–Kier alpha value is -3.29. The number of carbonyl (C=O) groups excluding carboxylic acids is 3. The summed E-state index contributed by atoms with van der Waals surface area (Å²) < 4.78 is 11.3. The fourth-order valence-corrected chi connectivity index (χ4v) is 7.28. The molecule has 0 radical (unpaired) electrons. The molecule has 0 fully saturated rings. The lowest BCUT2D eigenvalue weighted by molar-refractivity contribution is -0.161. The van der Waals surface area contributed by atoms with Gasteiger partial charge >= 0.3 is 11.9 Å². The number of thioether (sulfide) groups is 1. The molecular formula is C34H38O5S2. The van der Waals surface area contributed by atoms with Crippen molar-refractivity contribution in [3.63, 3.8) is 0 Å². The van der Waals surface area contributed by atoms with Crippen LogP contribution < -0.4 is 0 Å². The van der Waals surface area contributed by atoms with Gasteiger partial charge < -0.3 is 9.47 Å². The summed E-state index contributed by atoms with van der Waals surface area (Å²) in [6.45, 7) is 5.13. The van der Waals surface area contributed by atoms with Crippen molar-refractivity contribution in [3.05, 3.63) is 108 Å². The molecule has 0 aliphatic carbocycles. The highest BCUT2D eigenvalue weighted by atomic mass is 32.2. The van der Waals surface area contributed by atoms with E-state index in [-0.39, 0.29) is 23.9 Å². The monoisotopic (exact) mass is 590 g/mol. The van der Waals surface area contributed by atoms with Crippen molar-refractivity contribution in [2.45, 2.75) is 51.2 Å². The molecular weight excluding hydrogens is 553 g/mol. The highest BCUT2D eigenvalue weighted by Crippen LogP contribution is 2.49. The van der Waals surface area contributed by atoms with Gasteiger partial charge in [0.15, 0.2) is 0 Å². The highest BCUT2D eigenvalue weighted by molar-refractivity contribution is 8.23. The van der Waals surface area contributed by atoms with Crippen molar-refractivity contribution < 1.29 is 23.9 Å². The van der Waals surface area contributed by atoms with Crippen LogP contribution >= 0.6 is 24.0 Å². The summed E-state index contributed by atoms with van der Waals surface area (Å²) in [5.74, 6) is -1.50. The van der Waals surface area contributed by atoms with Gasteiger partial charge in [-0.05, 0) is 56.7 Å². The van der Waals surface area contributed by atoms with Crippen molar-refractivity contribution in [2.24, 2.45) is 10.8 Å². The van der Waals surface area contributed by atoms with Crippen molar-refractivity contribution in [3.8, 4) is 0 Å². The number of Topliss-reactive ketones (excluding diaryl/α,β-unsaturated/α-hetero) is 1. The lowest BCUT2D eigenvalue weighted by Crippen LogP contribution is -2.42. The molecule has 7 heteroatoms. The number of ketones is 1. The Morgan fingerprint density at radius 1 is 0.732 bits per heavy atom. The predicted molar refractivity (Wildman–Crippen MR) is 169 cm³/mol. The molecule has 0 aromatic heterocycles. The molecule has 0 amide bonds. The van der Waals surface area contributed by atoms with Crippen molar-refractivity contribution in [2.75, 3.05) is 14.2 Å². The summed E-state index contributed by atoms with van der Waals surface area (Å²) in [6, 6.07) is 29.1. The van der Waals surface area contributed by atoms with Crippen LogP contribution in [-0.2, 0) is 23.9 Å². The maximum atomic E-state index is 13.6. The summed E-state index contributed by atoms with van der Waals surface area (Å²) in [5, 5.41) is -0.201. The molecule has 0 aliphatic rings. The van der Waals surface area contributed by atoms with Crippen LogP contribution in [0.2, 0.25) is 0 Å². The minimum Gasteiger partial charge on any atom is -0.469 e. The van der Waals surface area contributed by atoms with Crippen LogP contribution in [0, 0.1) is 10.8 Å². The van der Waals surface area contributed by atoms with Gasteiger partial charge in [0.1, 0.15) is 5.78 Å². The number of hydrogen-bond donors (Lipinski definition) is 0. The van der Waals surface area contributed by atoms with Crippen molar-refractivity contribution in [1.29, 1.82) is 0 Å². The second-order valence-corrected chi connectivity index (χ2v) is 12.8. The summed E-state index contributed by atoms with van der Waals surface area (Å²) in [7, 11) is 2.69. The summed E-state index contributed by atoms with van der Waals surface area (Å²) in [6.07, 6.45) is 0.666. The number of ether oxygens (including phenoxy) is 2. The van der Waals surface area contributed by atoms with E-state index in [9.17, 15) is 14.4 Å². The zero-order valence-electron chi connectivity index (χ0n) is 24.3. The molecule has 0 aliphatic heterocycles. The molecule has 5 nitrogen and oxygen atoms in total. The van der Waals surface area contributed by atoms with Crippen LogP contribution in [0.4, 0.5) is 0 Å². The van der Waals surface area contributed by atoms with Crippen LogP contribution in [-0.4, -0.2) is 36.1 Å². The maximum absolute atomic E-state index is 13.6. The molecule has 216 valence electrons. The molecule has 0 N–H and O–H groups in total. The molecule has 0 saturated carbocycles. The maximum Gasteiger partial charge on any atom is 0.311 e. The number of benzene rings is 3. The zero-order valence-corrected chi connectivity index (χ0v) is 25.9. The van der Waals surface area contributed by atoms with Crippen LogP contribution in [0.5, 0.6) is 0 Å². The number of hydrogen-bond acceptors (Lipinski definition) is 7. The van der Waals surface area contributed by atoms with E-state index in [1.165, 1.54) is 32.9 Å². The Kier molecular flexibility index (Phi) is 11.4. The quantitative estimate of drug-likeness (QED) is 0.149. The van der Waals surface area contributed by atoms with E-state index in [1.54, 1.807) is 6.92 Å². The highest BCUT2D eigenvalue weighted by Gasteiger charge is 2.49. The first-order valence-corrected chi connectivity index (χ1v) is 14.8. The Bertz CT molecular complexity index is 1330. The van der Waals surface area contributed by atoms with Gasteiger partial charge in [0, 0.05) is 11.2 Å². The third-order valence-electron chi connectivity index (χ3n) is 7.55. The van der Waals surface area contributed by atoms with Gasteiger partial charge in [0.05, 0.1) is 29.2 Å². The van der Waals surface area contributed by atoms with Gasteiger partial charge in [-0.2, -0.15) is 0 Å². The smallest absolute Gasteiger partial charge is 0.311 e. The van der Waals surface area contributed by atoms with Crippen molar-refractivity contribution in [1.82, 2.24) is 0 Å². The van der Waals surface area contributed by atoms with Crippen LogP contribution in [0.15, 0.2) is 91.0 Å². The van der Waals surface area contributed by atoms with E-state index >= 15 is 0 Å². The number of thiocarbonyl (C=S) groups is 1. The SMILES string of the molecule is COC(=O)C(C)(CC(SC(=S)c1ccccc1)c1ccccc1)CC(C)(CC(C(C)=O)c1ccccc1)C(=O)OC. The average Bonchev–Trinajstić information content (AvgIpc) is 2.99. The molecule has 0 saturated heterocycles. The number of esters is 2. The van der Waals surface area contributed by atoms with E-state index in [1.807, 2.05) is 97.9 Å². The van der Waals surface area contributed by atoms with Gasteiger partial charge in [0.25, 0.3) is 0 Å². The Labute approximate surface area is 253 Å². The third kappa shape index (κ3) is 8.37. The predicted octanol–water partition coefficient (Wildman–Crippen LogP) is 7.74. The first kappa shape index (κ1) is 32.2. The van der Waals surface area contributed by atoms with E-state index in [4.69, 9.17) is 21.7 Å². The van der Waals surface area contributed by atoms with E-state index in [0.29, 0.717) is 10.6 Å². The van der Waals surface area contributed by atoms with E-state index in [0.717, 1.165) is 16.7 Å². The minimum absolute atomic E-state index is 0.0583. The second-order valence-electron chi connectivity index (χ2n) is 10.9. The van der Waals surface area contributed by atoms with Gasteiger partial charge in [-0.25, -0.2) is 0 Å². The van der Waals surface area contributed by atoms with Gasteiger partial charge in [-0.1, -0.05) is 103 Å². The molecule has 41 heavy (non-hydrogen) atoms. The minimum atomic E-state index is -1.16. The summed E-state index contributed by atoms with van der Waals surface area (Å²) in [4.78, 5) is 39.8. The first-order chi connectivity index (χ1) is 19.5. The average molecular weight is 591 g/mol. The molecule has 3 aromatic carbocycles. The number of carbonyl (C=O) groups is 3. The van der Waals surface area contributed by atoms with Crippen LogP contribution in [0.25, 0.3) is 0 Å². The molecule has 0 heterocycles. The normalized spacial score (nSPS) is 15.4. The van der Waals surface area contributed by atoms with E-state index in [2.05, 4.69) is 0 Å². The first-order valence-electron chi connectivity index (χ1n) is 13.6. The fraction of sp³-hybridized carbons (Fsp3) is 0.353. The van der Waals surface area contributed by atoms with Crippen LogP contribution in [0.1, 0.15) is 67.9 Å². The Balaban J connectivity index is 2.02. The largest absolute Gasteiger partial charge is 0.469 e. The molecule has 3 aromatic rings. The number of rotatable bonds is 13. The summed E-state index contributed by atoms with van der Waals surface area (Å²) in [5.41, 5.74) is 0.503.